The Balaban J connectivity index is 1.21. The third kappa shape index (κ3) is 18.5. The van der Waals surface area contributed by atoms with E-state index in [0.29, 0.717) is 28.6 Å². The van der Waals surface area contributed by atoms with Gasteiger partial charge in [0, 0.05) is 0 Å². The van der Waals surface area contributed by atoms with E-state index in [1.807, 2.05) is 11.3 Å². The molecule has 4 nitrogen and oxygen atoms in total. The monoisotopic (exact) mass is 1150 g/mol. The fourth-order valence-corrected chi connectivity index (χ4v) is 18.9. The molecule has 0 saturated carbocycles. The Hall–Kier alpha value is -2.18. The predicted molar refractivity (Wildman–Crippen MR) is 314 cm³/mol. The van der Waals surface area contributed by atoms with Crippen molar-refractivity contribution in [3.8, 4) is 27.5 Å². The van der Waals surface area contributed by atoms with Crippen LogP contribution >= 0.6 is 22.7 Å². The first-order chi connectivity index (χ1) is 35.2. The number of esters is 2. The number of carbonyl (C=O) groups excluding carboxylic acids is 2. The average Bonchev–Trinajstić information content (AvgIpc) is 4.25. The molecule has 2 aliphatic heterocycles. The number of aryl methyl sites for hydroxylation is 1. The Kier molecular flexibility index (Phi) is 27.1. The molecule has 0 aromatic carbocycles. The standard InChI is InChI=1S/C64H94O4S2Se2/c1-7-11-15-19-23-25-29-33-36-49(35-31-27-21-17-13-9-3)44-51-43-47(5)69-61(51)56-41-39-54(71-56)55-40-42-57(72-55)62-52(46-53(70-62)60-59-58(63(65)68-60)48(6)67-64(59)66)45-50(37-32-28-22-18-14-10-4)38-34-30-26-24-20-16-12-8-2/h39-43,46,49-50H,7-38,44-45H2,1-6H3. The van der Waals surface area contributed by atoms with Gasteiger partial charge in [-0.05, 0) is 0 Å². The van der Waals surface area contributed by atoms with Crippen molar-refractivity contribution < 1.29 is 19.1 Å². The molecular formula is C64H94O4S2Se2. The molecule has 6 heterocycles. The van der Waals surface area contributed by atoms with Crippen molar-refractivity contribution in [1.29, 1.82) is 0 Å². The summed E-state index contributed by atoms with van der Waals surface area (Å²) in [5.74, 6) is 1.20. The molecule has 0 amide bonds. The first-order valence-corrected chi connectivity index (χ1v) is 34.6. The van der Waals surface area contributed by atoms with Gasteiger partial charge < -0.3 is 0 Å². The molecule has 72 heavy (non-hydrogen) atoms. The van der Waals surface area contributed by atoms with E-state index in [4.69, 9.17) is 9.47 Å². The molecule has 0 saturated heterocycles. The van der Waals surface area contributed by atoms with E-state index < -0.39 is 11.9 Å². The second-order valence-electron chi connectivity index (χ2n) is 21.7. The van der Waals surface area contributed by atoms with Gasteiger partial charge in [0.15, 0.2) is 0 Å². The zero-order chi connectivity index (χ0) is 50.9. The average molecular weight is 1150 g/mol. The van der Waals surface area contributed by atoms with Crippen LogP contribution < -0.4 is 0 Å². The summed E-state index contributed by atoms with van der Waals surface area (Å²) >= 11 is 4.19. The molecule has 6 rings (SSSR count). The Morgan fingerprint density at radius 2 is 0.792 bits per heavy atom. The molecule has 0 bridgehead atoms. The van der Waals surface area contributed by atoms with Crippen LogP contribution in [-0.4, -0.2) is 40.9 Å². The number of thiophene rings is 2. The maximum absolute atomic E-state index is 13.2. The zero-order valence-electron chi connectivity index (χ0n) is 45.9. The molecular weight excluding hydrogens is 1050 g/mol. The van der Waals surface area contributed by atoms with Crippen LogP contribution in [0.15, 0.2) is 53.3 Å². The fraction of sp³-hybridized carbons (Fsp3) is 0.656. The third-order valence-corrected chi connectivity index (χ3v) is 23.8. The van der Waals surface area contributed by atoms with Crippen LogP contribution in [0.5, 0.6) is 0 Å². The number of hydrogen-bond donors (Lipinski definition) is 0. The van der Waals surface area contributed by atoms with Crippen LogP contribution in [0.4, 0.5) is 0 Å². The van der Waals surface area contributed by atoms with Crippen LogP contribution in [0.1, 0.15) is 261 Å². The van der Waals surface area contributed by atoms with Crippen molar-refractivity contribution in [3.63, 3.8) is 0 Å². The number of carbonyl (C=O) groups is 2. The summed E-state index contributed by atoms with van der Waals surface area (Å²) < 4.78 is 17.5. The number of fused-ring (bicyclic) bond motifs is 1. The molecule has 2 aliphatic rings. The summed E-state index contributed by atoms with van der Waals surface area (Å²) in [7, 11) is 0. The van der Waals surface area contributed by atoms with Gasteiger partial charge in [0.25, 0.3) is 0 Å². The fourth-order valence-electron chi connectivity index (χ4n) is 11.2. The second-order valence-corrected chi connectivity index (χ2v) is 28.6. The van der Waals surface area contributed by atoms with Crippen molar-refractivity contribution in [2.75, 3.05) is 0 Å². The van der Waals surface area contributed by atoms with Crippen molar-refractivity contribution in [2.24, 2.45) is 11.8 Å². The summed E-state index contributed by atoms with van der Waals surface area (Å²) in [6, 6.07) is 14.6. The van der Waals surface area contributed by atoms with Gasteiger partial charge in [-0.15, -0.1) is 0 Å². The van der Waals surface area contributed by atoms with Crippen molar-refractivity contribution in [2.45, 2.75) is 260 Å². The van der Waals surface area contributed by atoms with Gasteiger partial charge in [0.1, 0.15) is 0 Å². The molecule has 0 radical (unpaired) electrons. The zero-order valence-corrected chi connectivity index (χ0v) is 51.0. The summed E-state index contributed by atoms with van der Waals surface area (Å²) in [6.07, 6.45) is 45.6. The molecule has 0 spiro atoms. The second kappa shape index (κ2) is 33.1. The minimum absolute atomic E-state index is 0.158. The number of allylic oxidation sites excluding steroid dienone is 1. The molecule has 4 aromatic heterocycles. The molecule has 398 valence electrons. The van der Waals surface area contributed by atoms with E-state index in [9.17, 15) is 9.59 Å². The Labute approximate surface area is 458 Å². The molecule has 2 atom stereocenters. The Bertz CT molecular complexity index is 2280. The summed E-state index contributed by atoms with van der Waals surface area (Å²) in [5.41, 5.74) is 3.59. The minimum atomic E-state index is -0.469. The quantitative estimate of drug-likeness (QED) is 0.0253. The van der Waals surface area contributed by atoms with E-state index in [-0.39, 0.29) is 29.0 Å². The number of hydrogen-bond acceptors (Lipinski definition) is 6. The molecule has 8 heteroatoms. The van der Waals surface area contributed by atoms with Crippen LogP contribution in [-0.2, 0) is 31.9 Å². The number of ether oxygens (including phenoxy) is 2. The van der Waals surface area contributed by atoms with Crippen molar-refractivity contribution in [3.05, 3.63) is 74.2 Å². The van der Waals surface area contributed by atoms with Gasteiger partial charge in [-0.25, -0.2) is 0 Å². The van der Waals surface area contributed by atoms with Crippen LogP contribution in [0.2, 0.25) is 0 Å². The number of cyclic esters (lactones) is 2. The van der Waals surface area contributed by atoms with E-state index >= 15 is 0 Å². The maximum atomic E-state index is 13.2. The van der Waals surface area contributed by atoms with Gasteiger partial charge in [-0.1, -0.05) is 53.4 Å². The molecule has 4 aromatic rings. The van der Waals surface area contributed by atoms with E-state index in [2.05, 4.69) is 71.0 Å². The number of unbranched alkanes of at least 4 members (excludes halogenated alkanes) is 24. The predicted octanol–water partition coefficient (Wildman–Crippen LogP) is 20.2. The van der Waals surface area contributed by atoms with Crippen LogP contribution in [0.3, 0.4) is 0 Å². The molecule has 0 fully saturated rings. The molecule has 2 unspecified atom stereocenters. The molecule has 0 aliphatic carbocycles. The normalized spacial score (nSPS) is 14.5. The van der Waals surface area contributed by atoms with Crippen molar-refractivity contribution in [1.82, 2.24) is 0 Å². The first kappa shape index (κ1) is 59.1. The van der Waals surface area contributed by atoms with Gasteiger partial charge in [0.2, 0.25) is 0 Å². The van der Waals surface area contributed by atoms with E-state index in [1.165, 1.54) is 241 Å². The topological polar surface area (TPSA) is 52.6 Å². The Morgan fingerprint density at radius 3 is 1.22 bits per heavy atom. The Morgan fingerprint density at radius 1 is 0.431 bits per heavy atom. The summed E-state index contributed by atoms with van der Waals surface area (Å²) in [5, 5.41) is 0. The SMILES string of the molecule is CCCCCCCCCCC(CCCCCCCC)Cc1cc(C)sc1-c1ccc(-c2ccc(-c3sc(C4=C5C(=O)OC(C)=C5C(=O)O4)cc3CC(CCCCCCCC)CCCCCCCCCC)[se]2)[se]1. The van der Waals surface area contributed by atoms with Gasteiger partial charge in [-0.3, -0.25) is 0 Å². The van der Waals surface area contributed by atoms with Crippen LogP contribution in [0.25, 0.3) is 33.3 Å². The van der Waals surface area contributed by atoms with Crippen molar-refractivity contribution >= 4 is 69.4 Å². The van der Waals surface area contributed by atoms with Gasteiger partial charge in [0.05, 0.1) is 0 Å². The molecule has 0 N–H and O–H groups in total. The van der Waals surface area contributed by atoms with Gasteiger partial charge >= 0.3 is 408 Å². The van der Waals surface area contributed by atoms with Crippen LogP contribution in [0, 0.1) is 18.8 Å². The summed E-state index contributed by atoms with van der Waals surface area (Å²) in [6.45, 7) is 13.3. The van der Waals surface area contributed by atoms with Gasteiger partial charge in [-0.2, -0.15) is 0 Å². The third-order valence-electron chi connectivity index (χ3n) is 15.4. The summed E-state index contributed by atoms with van der Waals surface area (Å²) in [4.78, 5) is 31.6. The van der Waals surface area contributed by atoms with E-state index in [0.717, 1.165) is 17.2 Å². The van der Waals surface area contributed by atoms with E-state index in [1.54, 1.807) is 33.1 Å². The number of rotatable bonds is 40. The first-order valence-electron chi connectivity index (χ1n) is 29.6.